The van der Waals surface area contributed by atoms with E-state index in [9.17, 15) is 10.2 Å². The van der Waals surface area contributed by atoms with E-state index in [1.54, 1.807) is 0 Å². The number of benzene rings is 1. The van der Waals surface area contributed by atoms with Gasteiger partial charge in [-0.3, -0.25) is 0 Å². The van der Waals surface area contributed by atoms with E-state index in [-0.39, 0.29) is 5.75 Å². The first-order valence-corrected chi connectivity index (χ1v) is 7.21. The third kappa shape index (κ3) is 2.24. The van der Waals surface area contributed by atoms with E-state index in [1.165, 1.54) is 30.4 Å². The highest BCUT2D eigenvalue weighted by atomic mass is 35.5. The van der Waals surface area contributed by atoms with Gasteiger partial charge in [-0.05, 0) is 55.7 Å². The Morgan fingerprint density at radius 2 is 1.89 bits per heavy atom. The smallest absolute Gasteiger partial charge is 0.137 e. The number of phenols is 1. The summed E-state index contributed by atoms with van der Waals surface area (Å²) in [5, 5.41) is 20.7. The molecule has 98 valence electrons. The van der Waals surface area contributed by atoms with Crippen LogP contribution >= 0.6 is 11.6 Å². The molecule has 0 spiro atoms. The lowest BCUT2D eigenvalue weighted by Crippen LogP contribution is -2.13. The van der Waals surface area contributed by atoms with Gasteiger partial charge in [0.2, 0.25) is 0 Å². The summed E-state index contributed by atoms with van der Waals surface area (Å²) in [6, 6.07) is 1.91. The molecule has 3 heteroatoms. The predicted octanol–water partition coefficient (Wildman–Crippen LogP) is 3.38. The molecule has 0 saturated heterocycles. The maximum absolute atomic E-state index is 10.2. The number of fused-ring (bicyclic) bond motifs is 1. The van der Waals surface area contributed by atoms with Gasteiger partial charge in [0.25, 0.3) is 0 Å². The van der Waals surface area contributed by atoms with Gasteiger partial charge in [0.1, 0.15) is 5.75 Å². The molecule has 0 atom stereocenters. The van der Waals surface area contributed by atoms with Gasteiger partial charge in [0.05, 0.1) is 10.6 Å². The Labute approximate surface area is 113 Å². The first kappa shape index (κ1) is 12.3. The average molecular weight is 267 g/mol. The normalized spacial score (nSPS) is 21.2. The van der Waals surface area contributed by atoms with Crippen LogP contribution in [0, 0.1) is 0 Å². The molecule has 2 N–H and O–H groups in total. The highest BCUT2D eigenvalue weighted by molar-refractivity contribution is 6.32. The molecular weight excluding hydrogens is 248 g/mol. The van der Waals surface area contributed by atoms with E-state index < -0.39 is 5.60 Å². The van der Waals surface area contributed by atoms with Gasteiger partial charge < -0.3 is 10.2 Å². The molecular formula is C15H19ClO2. The number of halogens is 1. The largest absolute Gasteiger partial charge is 0.506 e. The topological polar surface area (TPSA) is 40.5 Å². The number of hydrogen-bond donors (Lipinski definition) is 2. The predicted molar refractivity (Wildman–Crippen MR) is 72.3 cm³/mol. The number of phenolic OH excluding ortho intramolecular Hbond substituents is 1. The van der Waals surface area contributed by atoms with Gasteiger partial charge >= 0.3 is 0 Å². The monoisotopic (exact) mass is 266 g/mol. The Balaban J connectivity index is 2.05. The summed E-state index contributed by atoms with van der Waals surface area (Å²) in [7, 11) is 0. The molecule has 0 unspecified atom stereocenters. The number of aliphatic hydroxyl groups is 1. The molecule has 3 rings (SSSR count). The Bertz CT molecular complexity index is 478. The van der Waals surface area contributed by atoms with Crippen molar-refractivity contribution in [2.45, 2.75) is 57.0 Å². The molecule has 0 aliphatic heterocycles. The van der Waals surface area contributed by atoms with Crippen LogP contribution in [0.15, 0.2) is 6.07 Å². The second-order valence-electron chi connectivity index (χ2n) is 5.79. The van der Waals surface area contributed by atoms with E-state index in [4.69, 9.17) is 11.6 Å². The van der Waals surface area contributed by atoms with E-state index >= 15 is 0 Å². The molecule has 2 aliphatic carbocycles. The summed E-state index contributed by atoms with van der Waals surface area (Å²) >= 11 is 6.12. The fourth-order valence-corrected chi connectivity index (χ4v) is 3.20. The first-order chi connectivity index (χ1) is 8.59. The zero-order chi connectivity index (χ0) is 12.8. The fourth-order valence-electron chi connectivity index (χ4n) is 2.96. The second-order valence-corrected chi connectivity index (χ2v) is 6.19. The van der Waals surface area contributed by atoms with E-state index in [0.29, 0.717) is 11.4 Å². The Hall–Kier alpha value is -0.730. The minimum absolute atomic E-state index is 0.192. The fraction of sp³-hybridized carbons (Fsp3) is 0.600. The highest BCUT2D eigenvalue weighted by Crippen LogP contribution is 2.44. The second kappa shape index (κ2) is 4.43. The van der Waals surface area contributed by atoms with Crippen LogP contribution in [0.4, 0.5) is 0 Å². The van der Waals surface area contributed by atoms with Gasteiger partial charge in [-0.25, -0.2) is 0 Å². The molecule has 1 fully saturated rings. The molecule has 0 aromatic heterocycles. The minimum atomic E-state index is -0.581. The van der Waals surface area contributed by atoms with Crippen molar-refractivity contribution in [2.75, 3.05) is 0 Å². The molecule has 1 aromatic rings. The lowest BCUT2D eigenvalue weighted by Gasteiger charge is -2.18. The summed E-state index contributed by atoms with van der Waals surface area (Å²) in [6.45, 7) is 0. The lowest BCUT2D eigenvalue weighted by molar-refractivity contribution is 0.149. The Kier molecular flexibility index (Phi) is 3.03. The number of aromatic hydroxyl groups is 1. The first-order valence-electron chi connectivity index (χ1n) is 6.83. The van der Waals surface area contributed by atoms with Gasteiger partial charge in [0, 0.05) is 12.0 Å². The minimum Gasteiger partial charge on any atom is -0.506 e. The standard InChI is InChI=1S/C15H19ClO2/c16-13-8-10-4-2-1-3-5-11(10)12(14(13)17)9-15(18)6-7-15/h8,17-18H,1-7,9H2. The van der Waals surface area contributed by atoms with Crippen molar-refractivity contribution in [1.29, 1.82) is 0 Å². The van der Waals surface area contributed by atoms with Crippen LogP contribution in [0.5, 0.6) is 5.75 Å². The average Bonchev–Trinajstić information content (AvgIpc) is 3.09. The van der Waals surface area contributed by atoms with Crippen LogP contribution in [0.25, 0.3) is 0 Å². The van der Waals surface area contributed by atoms with Gasteiger partial charge in [-0.2, -0.15) is 0 Å². The maximum atomic E-state index is 10.2. The number of hydrogen-bond acceptors (Lipinski definition) is 2. The summed E-state index contributed by atoms with van der Waals surface area (Å²) in [5.74, 6) is 0.192. The molecule has 2 nitrogen and oxygen atoms in total. The van der Waals surface area contributed by atoms with Gasteiger partial charge in [-0.15, -0.1) is 0 Å². The van der Waals surface area contributed by atoms with Crippen molar-refractivity contribution in [3.8, 4) is 5.75 Å². The highest BCUT2D eigenvalue weighted by Gasteiger charge is 2.41. The number of rotatable bonds is 2. The molecule has 0 bridgehead atoms. The zero-order valence-corrected chi connectivity index (χ0v) is 11.3. The van der Waals surface area contributed by atoms with Crippen LogP contribution in [0.2, 0.25) is 5.02 Å². The van der Waals surface area contributed by atoms with E-state index in [1.807, 2.05) is 6.07 Å². The van der Waals surface area contributed by atoms with Crippen LogP contribution in [-0.4, -0.2) is 15.8 Å². The SMILES string of the molecule is Oc1c(Cl)cc2c(c1CC1(O)CC1)CCCCC2. The molecule has 0 heterocycles. The zero-order valence-electron chi connectivity index (χ0n) is 10.5. The summed E-state index contributed by atoms with van der Waals surface area (Å²) < 4.78 is 0. The molecule has 0 radical (unpaired) electrons. The Morgan fingerprint density at radius 3 is 2.61 bits per heavy atom. The summed E-state index contributed by atoms with van der Waals surface area (Å²) in [5.41, 5.74) is 2.84. The Morgan fingerprint density at radius 1 is 1.17 bits per heavy atom. The van der Waals surface area contributed by atoms with Gasteiger partial charge in [-0.1, -0.05) is 18.0 Å². The van der Waals surface area contributed by atoms with Crippen molar-refractivity contribution in [2.24, 2.45) is 0 Å². The molecule has 0 amide bonds. The third-order valence-corrected chi connectivity index (χ3v) is 4.56. The van der Waals surface area contributed by atoms with Crippen LogP contribution in [0.1, 0.15) is 48.8 Å². The van der Waals surface area contributed by atoms with E-state index in [0.717, 1.165) is 31.2 Å². The van der Waals surface area contributed by atoms with Crippen molar-refractivity contribution < 1.29 is 10.2 Å². The van der Waals surface area contributed by atoms with Crippen LogP contribution in [0.3, 0.4) is 0 Å². The quantitative estimate of drug-likeness (QED) is 0.806. The molecule has 1 aromatic carbocycles. The summed E-state index contributed by atoms with van der Waals surface area (Å²) in [4.78, 5) is 0. The van der Waals surface area contributed by atoms with Crippen molar-refractivity contribution in [3.63, 3.8) is 0 Å². The lowest BCUT2D eigenvalue weighted by atomic mass is 9.92. The van der Waals surface area contributed by atoms with Crippen LogP contribution in [-0.2, 0) is 19.3 Å². The van der Waals surface area contributed by atoms with Gasteiger partial charge in [0.15, 0.2) is 0 Å². The molecule has 18 heavy (non-hydrogen) atoms. The third-order valence-electron chi connectivity index (χ3n) is 4.27. The van der Waals surface area contributed by atoms with Crippen molar-refractivity contribution >= 4 is 11.6 Å². The molecule has 1 saturated carbocycles. The maximum Gasteiger partial charge on any atom is 0.137 e. The molecule has 2 aliphatic rings. The van der Waals surface area contributed by atoms with E-state index in [2.05, 4.69) is 0 Å². The number of aryl methyl sites for hydroxylation is 1. The van der Waals surface area contributed by atoms with Crippen LogP contribution < -0.4 is 0 Å². The summed E-state index contributed by atoms with van der Waals surface area (Å²) in [6.07, 6.45) is 7.88. The van der Waals surface area contributed by atoms with Crippen molar-refractivity contribution in [3.05, 3.63) is 27.8 Å². The van der Waals surface area contributed by atoms with Crippen molar-refractivity contribution in [1.82, 2.24) is 0 Å².